The number of carbonyl (C=O) groups is 1. The van der Waals surface area contributed by atoms with Gasteiger partial charge in [0.05, 0.1) is 17.4 Å². The summed E-state index contributed by atoms with van der Waals surface area (Å²) in [4.78, 5) is 14.7. The van der Waals surface area contributed by atoms with Crippen LogP contribution in [0.1, 0.15) is 36.5 Å². The molecule has 0 spiro atoms. The first-order valence-electron chi connectivity index (χ1n) is 8.93. The van der Waals surface area contributed by atoms with Crippen LogP contribution < -0.4 is 5.32 Å². The summed E-state index contributed by atoms with van der Waals surface area (Å²) in [6.07, 6.45) is 6.86. The molecule has 0 radical (unpaired) electrons. The van der Waals surface area contributed by atoms with E-state index in [4.69, 9.17) is 11.6 Å². The van der Waals surface area contributed by atoms with Gasteiger partial charge < -0.3 is 10.2 Å². The second-order valence-corrected chi connectivity index (χ2v) is 7.22. The molecule has 134 valence electrons. The van der Waals surface area contributed by atoms with E-state index in [1.54, 1.807) is 17.1 Å². The summed E-state index contributed by atoms with van der Waals surface area (Å²) < 4.78 is 1.66. The first-order chi connectivity index (χ1) is 12.1. The fourth-order valence-corrected chi connectivity index (χ4v) is 3.28. The monoisotopic (exact) mass is 360 g/mol. The predicted molar refractivity (Wildman–Crippen MR) is 100 cm³/mol. The first kappa shape index (κ1) is 18.0. The van der Waals surface area contributed by atoms with Crippen molar-refractivity contribution in [3.05, 3.63) is 47.2 Å². The molecular weight excluding hydrogens is 336 g/mol. The Labute approximate surface area is 154 Å². The summed E-state index contributed by atoms with van der Waals surface area (Å²) in [7, 11) is 0. The molecule has 1 aromatic carbocycles. The van der Waals surface area contributed by atoms with Gasteiger partial charge in [-0.05, 0) is 63.0 Å². The van der Waals surface area contributed by atoms with E-state index in [0.29, 0.717) is 17.1 Å². The lowest BCUT2D eigenvalue weighted by molar-refractivity contribution is 0.0950. The Kier molecular flexibility index (Phi) is 6.10. The van der Waals surface area contributed by atoms with Gasteiger partial charge in [-0.25, -0.2) is 4.68 Å². The number of amides is 1. The summed E-state index contributed by atoms with van der Waals surface area (Å²) in [5, 5.41) is 7.87. The maximum Gasteiger partial charge on any atom is 0.254 e. The average Bonchev–Trinajstić information content (AvgIpc) is 3.10. The number of benzene rings is 1. The molecule has 1 aliphatic rings. The van der Waals surface area contributed by atoms with Crippen molar-refractivity contribution >= 4 is 17.5 Å². The van der Waals surface area contributed by atoms with Crippen LogP contribution in [0, 0.1) is 5.92 Å². The van der Waals surface area contributed by atoms with E-state index in [1.807, 2.05) is 24.3 Å². The smallest absolute Gasteiger partial charge is 0.254 e. The summed E-state index contributed by atoms with van der Waals surface area (Å²) in [5.41, 5.74) is 1.40. The zero-order valence-corrected chi connectivity index (χ0v) is 15.4. The molecule has 1 aliphatic heterocycles. The molecule has 2 aromatic rings. The van der Waals surface area contributed by atoms with Crippen LogP contribution in [0.15, 0.2) is 36.7 Å². The number of hydrogen-bond donors (Lipinski definition) is 1. The third-order valence-electron chi connectivity index (χ3n) is 4.73. The van der Waals surface area contributed by atoms with Gasteiger partial charge in [0.15, 0.2) is 0 Å². The van der Waals surface area contributed by atoms with Gasteiger partial charge >= 0.3 is 0 Å². The van der Waals surface area contributed by atoms with Gasteiger partial charge in [-0.2, -0.15) is 5.10 Å². The van der Waals surface area contributed by atoms with Crippen molar-refractivity contribution in [3.63, 3.8) is 0 Å². The first-order valence-corrected chi connectivity index (χ1v) is 9.31. The van der Waals surface area contributed by atoms with Gasteiger partial charge in [0.25, 0.3) is 5.91 Å². The summed E-state index contributed by atoms with van der Waals surface area (Å²) in [6, 6.07) is 7.39. The molecule has 1 fully saturated rings. The second-order valence-electron chi connectivity index (χ2n) is 6.79. The number of nitrogens with one attached hydrogen (secondary N) is 1. The fourth-order valence-electron chi connectivity index (χ4n) is 3.09. The van der Waals surface area contributed by atoms with Crippen molar-refractivity contribution < 1.29 is 4.79 Å². The van der Waals surface area contributed by atoms with Gasteiger partial charge in [-0.1, -0.05) is 24.6 Å². The van der Waals surface area contributed by atoms with E-state index in [9.17, 15) is 4.79 Å². The number of nitrogens with zero attached hydrogens (tertiary/aromatic N) is 3. The fraction of sp³-hybridized carbons (Fsp3) is 0.474. The number of halogens is 1. The Bertz CT molecular complexity index is 707. The molecule has 1 N–H and O–H groups in total. The molecule has 1 saturated heterocycles. The van der Waals surface area contributed by atoms with E-state index in [2.05, 4.69) is 22.2 Å². The number of aromatic nitrogens is 2. The lowest BCUT2D eigenvalue weighted by Gasteiger charge is -2.30. The Morgan fingerprint density at radius 3 is 2.92 bits per heavy atom. The Morgan fingerprint density at radius 2 is 2.16 bits per heavy atom. The summed E-state index contributed by atoms with van der Waals surface area (Å²) >= 11 is 6.00. The van der Waals surface area contributed by atoms with Crippen LogP contribution in [-0.4, -0.2) is 46.8 Å². The molecular formula is C19H25ClN4O. The highest BCUT2D eigenvalue weighted by molar-refractivity contribution is 6.30. The van der Waals surface area contributed by atoms with Crippen molar-refractivity contribution in [2.75, 3.05) is 26.2 Å². The van der Waals surface area contributed by atoms with Crippen molar-refractivity contribution in [2.24, 2.45) is 5.92 Å². The van der Waals surface area contributed by atoms with Crippen LogP contribution in [0.25, 0.3) is 5.69 Å². The maximum atomic E-state index is 12.2. The molecule has 25 heavy (non-hydrogen) atoms. The molecule has 5 nitrogen and oxygen atoms in total. The van der Waals surface area contributed by atoms with E-state index >= 15 is 0 Å². The lowest BCUT2D eigenvalue weighted by atomic mass is 9.99. The van der Waals surface area contributed by atoms with Gasteiger partial charge in [-0.15, -0.1) is 0 Å². The average molecular weight is 361 g/mol. The number of piperidine rings is 1. The van der Waals surface area contributed by atoms with E-state index < -0.39 is 0 Å². The van der Waals surface area contributed by atoms with E-state index in [-0.39, 0.29) is 5.91 Å². The van der Waals surface area contributed by atoms with Crippen LogP contribution in [0.3, 0.4) is 0 Å². The number of likely N-dealkylation sites (tertiary alicyclic amines) is 1. The zero-order chi connectivity index (χ0) is 17.6. The molecule has 6 heteroatoms. The van der Waals surface area contributed by atoms with E-state index in [1.165, 1.54) is 25.9 Å². The molecule has 0 saturated carbocycles. The van der Waals surface area contributed by atoms with Crippen LogP contribution in [-0.2, 0) is 0 Å². The number of hydrogen-bond acceptors (Lipinski definition) is 3. The quantitative estimate of drug-likeness (QED) is 0.803. The highest BCUT2D eigenvalue weighted by Crippen LogP contribution is 2.16. The minimum atomic E-state index is -0.0828. The normalized spacial score (nSPS) is 16.1. The largest absolute Gasteiger partial charge is 0.352 e. The standard InChI is InChI=1S/C19H25ClN4O/c1-15-6-10-23(11-7-15)9-3-8-21-19(25)16-13-22-24(14-16)18-5-2-4-17(20)12-18/h2,4-5,12-15H,3,6-11H2,1H3,(H,21,25). The molecule has 2 heterocycles. The van der Waals surface area contributed by atoms with Crippen molar-refractivity contribution in [1.82, 2.24) is 20.0 Å². The number of rotatable bonds is 6. The summed E-state index contributed by atoms with van der Waals surface area (Å²) in [5.74, 6) is 0.771. The van der Waals surface area contributed by atoms with Crippen molar-refractivity contribution in [3.8, 4) is 5.69 Å². The van der Waals surface area contributed by atoms with Crippen molar-refractivity contribution in [1.29, 1.82) is 0 Å². The molecule has 0 bridgehead atoms. The highest BCUT2D eigenvalue weighted by Gasteiger charge is 2.15. The predicted octanol–water partition coefficient (Wildman–Crippen LogP) is 3.38. The summed E-state index contributed by atoms with van der Waals surface area (Å²) in [6.45, 7) is 6.42. The Hall–Kier alpha value is -1.85. The van der Waals surface area contributed by atoms with Crippen LogP contribution in [0.5, 0.6) is 0 Å². The maximum absolute atomic E-state index is 12.2. The van der Waals surface area contributed by atoms with Gasteiger partial charge in [0.1, 0.15) is 0 Å². The third kappa shape index (κ3) is 5.06. The Balaban J connectivity index is 1.44. The Morgan fingerprint density at radius 1 is 1.36 bits per heavy atom. The van der Waals surface area contributed by atoms with Crippen LogP contribution in [0.2, 0.25) is 5.02 Å². The van der Waals surface area contributed by atoms with Crippen LogP contribution in [0.4, 0.5) is 0 Å². The molecule has 1 aromatic heterocycles. The highest BCUT2D eigenvalue weighted by atomic mass is 35.5. The zero-order valence-electron chi connectivity index (χ0n) is 14.6. The molecule has 3 rings (SSSR count). The molecule has 1 amide bonds. The van der Waals surface area contributed by atoms with Gasteiger partial charge in [0.2, 0.25) is 0 Å². The molecule has 0 atom stereocenters. The molecule has 0 aliphatic carbocycles. The second kappa shape index (κ2) is 8.50. The van der Waals surface area contributed by atoms with Gasteiger partial charge in [0, 0.05) is 17.8 Å². The van der Waals surface area contributed by atoms with Crippen LogP contribution >= 0.6 is 11.6 Å². The van der Waals surface area contributed by atoms with Crippen molar-refractivity contribution in [2.45, 2.75) is 26.2 Å². The minimum Gasteiger partial charge on any atom is -0.352 e. The minimum absolute atomic E-state index is 0.0828. The third-order valence-corrected chi connectivity index (χ3v) is 4.97. The van der Waals surface area contributed by atoms with E-state index in [0.717, 1.165) is 24.6 Å². The number of carbonyl (C=O) groups excluding carboxylic acids is 1. The molecule has 0 unspecified atom stereocenters. The van der Waals surface area contributed by atoms with Gasteiger partial charge in [-0.3, -0.25) is 4.79 Å². The lowest BCUT2D eigenvalue weighted by Crippen LogP contribution is -2.35. The topological polar surface area (TPSA) is 50.2 Å². The SMILES string of the molecule is CC1CCN(CCCNC(=O)c2cnn(-c3cccc(Cl)c3)c2)CC1.